The highest BCUT2D eigenvalue weighted by atomic mass is 16.3. The zero-order valence-electron chi connectivity index (χ0n) is 34.1. The highest BCUT2D eigenvalue weighted by Crippen LogP contribution is 2.42. The summed E-state index contributed by atoms with van der Waals surface area (Å²) in [4.78, 5) is 15.7. The molecule has 12 aromatic rings. The summed E-state index contributed by atoms with van der Waals surface area (Å²) >= 11 is 0. The molecule has 2 aromatic heterocycles. The van der Waals surface area contributed by atoms with Gasteiger partial charge in [0.15, 0.2) is 17.5 Å². The second kappa shape index (κ2) is 15.2. The van der Waals surface area contributed by atoms with Crippen LogP contribution < -0.4 is 0 Å². The smallest absolute Gasteiger partial charge is 0.164 e. The number of hydrogen-bond acceptors (Lipinski definition) is 4. The van der Waals surface area contributed by atoms with E-state index in [4.69, 9.17) is 19.4 Å². The molecule has 0 N–H and O–H groups in total. The fourth-order valence-corrected chi connectivity index (χ4v) is 8.98. The molecule has 294 valence electrons. The highest BCUT2D eigenvalue weighted by Gasteiger charge is 2.21. The summed E-state index contributed by atoms with van der Waals surface area (Å²) in [5.41, 5.74) is 13.4. The zero-order valence-corrected chi connectivity index (χ0v) is 34.1. The average Bonchev–Trinajstić information content (AvgIpc) is 3.76. The van der Waals surface area contributed by atoms with Gasteiger partial charge in [-0.1, -0.05) is 194 Å². The van der Waals surface area contributed by atoms with Crippen molar-refractivity contribution in [1.82, 2.24) is 15.0 Å². The molecule has 0 aliphatic heterocycles. The number of hydrogen-bond donors (Lipinski definition) is 0. The van der Waals surface area contributed by atoms with Crippen molar-refractivity contribution in [2.24, 2.45) is 0 Å². The van der Waals surface area contributed by atoms with Gasteiger partial charge in [0.2, 0.25) is 0 Å². The normalized spacial score (nSPS) is 11.5. The Morgan fingerprint density at radius 1 is 0.270 bits per heavy atom. The van der Waals surface area contributed by atoms with Gasteiger partial charge in [0, 0.05) is 33.0 Å². The van der Waals surface area contributed by atoms with Gasteiger partial charge in [-0.3, -0.25) is 0 Å². The van der Waals surface area contributed by atoms with E-state index >= 15 is 0 Å². The largest absolute Gasteiger partial charge is 0.455 e. The molecule has 0 saturated heterocycles. The van der Waals surface area contributed by atoms with Crippen molar-refractivity contribution in [2.75, 3.05) is 0 Å². The van der Waals surface area contributed by atoms with Crippen LogP contribution in [0.4, 0.5) is 0 Å². The average molecular weight is 804 g/mol. The molecule has 12 rings (SSSR count). The Labute approximate surface area is 364 Å². The van der Waals surface area contributed by atoms with Gasteiger partial charge < -0.3 is 4.42 Å². The molecule has 0 atom stereocenters. The van der Waals surface area contributed by atoms with Crippen LogP contribution in [-0.4, -0.2) is 15.0 Å². The third-order valence-electron chi connectivity index (χ3n) is 12.1. The molecule has 2 heterocycles. The molecule has 0 aliphatic rings. The number of nitrogens with zero attached hydrogens (tertiary/aromatic N) is 3. The fourth-order valence-electron chi connectivity index (χ4n) is 8.98. The molecule has 0 saturated carbocycles. The van der Waals surface area contributed by atoms with Gasteiger partial charge in [-0.25, -0.2) is 15.0 Å². The van der Waals surface area contributed by atoms with Crippen molar-refractivity contribution < 1.29 is 4.42 Å². The first-order chi connectivity index (χ1) is 31.2. The Kier molecular flexibility index (Phi) is 8.79. The maximum atomic E-state index is 6.86. The lowest BCUT2D eigenvalue weighted by Gasteiger charge is -2.12. The minimum absolute atomic E-state index is 0.581. The van der Waals surface area contributed by atoms with Crippen LogP contribution >= 0.6 is 0 Å². The van der Waals surface area contributed by atoms with Crippen LogP contribution in [-0.2, 0) is 0 Å². The van der Waals surface area contributed by atoms with E-state index in [1.54, 1.807) is 0 Å². The molecule has 0 unspecified atom stereocenters. The lowest BCUT2D eigenvalue weighted by atomic mass is 9.92. The standard InChI is InChI=1S/C59H37N3O/c1-4-14-38(15-5-1)40-26-28-42(29-27-40)57-60-58(47-33-32-44-34-43(30-31-45(44)35-47)39-16-6-2-7-17-39)62-59(61-57)52-24-13-25-54-55(52)51-23-12-22-50(56(51)63-54)48-36-46-20-10-11-21-49(46)53(37-48)41-18-8-3-9-19-41/h1-37H. The third kappa shape index (κ3) is 6.62. The summed E-state index contributed by atoms with van der Waals surface area (Å²) < 4.78 is 6.86. The van der Waals surface area contributed by atoms with Gasteiger partial charge in [0.1, 0.15) is 11.2 Å². The topological polar surface area (TPSA) is 51.8 Å². The SMILES string of the molecule is c1ccc(-c2ccc(-c3nc(-c4ccc5cc(-c6ccccc6)ccc5c4)nc(-c4cccc5oc6c(-c7cc(-c8ccccc8)c8ccccc8c7)cccc6c45)n3)cc2)cc1. The fraction of sp³-hybridized carbons (Fsp3) is 0. The van der Waals surface area contributed by atoms with E-state index in [0.717, 1.165) is 71.7 Å². The van der Waals surface area contributed by atoms with Crippen molar-refractivity contribution >= 4 is 43.5 Å². The number of benzene rings is 10. The molecule has 0 bridgehead atoms. The molecule has 0 aliphatic carbocycles. The van der Waals surface area contributed by atoms with Crippen LogP contribution in [0.1, 0.15) is 0 Å². The van der Waals surface area contributed by atoms with E-state index in [1.807, 2.05) is 24.3 Å². The summed E-state index contributed by atoms with van der Waals surface area (Å²) in [7, 11) is 0. The van der Waals surface area contributed by atoms with Gasteiger partial charge in [-0.05, 0) is 90.8 Å². The predicted molar refractivity (Wildman–Crippen MR) is 260 cm³/mol. The molecular formula is C59H37N3O. The van der Waals surface area contributed by atoms with Crippen molar-refractivity contribution in [3.63, 3.8) is 0 Å². The van der Waals surface area contributed by atoms with Crippen molar-refractivity contribution in [3.05, 3.63) is 224 Å². The summed E-state index contributed by atoms with van der Waals surface area (Å²) in [6.45, 7) is 0. The van der Waals surface area contributed by atoms with Gasteiger partial charge in [0.05, 0.1) is 0 Å². The van der Waals surface area contributed by atoms with E-state index in [1.165, 1.54) is 33.0 Å². The predicted octanol–water partition coefficient (Wildman–Crippen LogP) is 15.7. The van der Waals surface area contributed by atoms with E-state index in [9.17, 15) is 0 Å². The molecule has 0 spiro atoms. The first-order valence-electron chi connectivity index (χ1n) is 21.2. The Bertz CT molecular complexity index is 3650. The Balaban J connectivity index is 1.02. The molecular weight excluding hydrogens is 767 g/mol. The van der Waals surface area contributed by atoms with E-state index < -0.39 is 0 Å². The second-order valence-corrected chi connectivity index (χ2v) is 16.0. The van der Waals surface area contributed by atoms with E-state index in [-0.39, 0.29) is 0 Å². The Hall–Kier alpha value is -8.47. The molecule has 10 aromatic carbocycles. The Morgan fingerprint density at radius 3 is 1.52 bits per heavy atom. The number of rotatable bonds is 7. The maximum Gasteiger partial charge on any atom is 0.164 e. The van der Waals surface area contributed by atoms with Gasteiger partial charge >= 0.3 is 0 Å². The number of fused-ring (bicyclic) bond motifs is 5. The van der Waals surface area contributed by atoms with Gasteiger partial charge in [-0.2, -0.15) is 0 Å². The van der Waals surface area contributed by atoms with Crippen LogP contribution in [0.5, 0.6) is 0 Å². The lowest BCUT2D eigenvalue weighted by molar-refractivity contribution is 0.670. The monoisotopic (exact) mass is 803 g/mol. The number of para-hydroxylation sites is 1. The molecule has 63 heavy (non-hydrogen) atoms. The summed E-state index contributed by atoms with van der Waals surface area (Å²) in [5.74, 6) is 1.79. The Morgan fingerprint density at radius 2 is 0.778 bits per heavy atom. The highest BCUT2D eigenvalue weighted by molar-refractivity contribution is 6.15. The van der Waals surface area contributed by atoms with Crippen LogP contribution in [0.25, 0.3) is 122 Å². The number of furan rings is 1. The van der Waals surface area contributed by atoms with E-state index in [0.29, 0.717) is 17.5 Å². The first kappa shape index (κ1) is 36.4. The molecule has 0 fully saturated rings. The molecule has 4 nitrogen and oxygen atoms in total. The first-order valence-corrected chi connectivity index (χ1v) is 21.2. The third-order valence-corrected chi connectivity index (χ3v) is 12.1. The van der Waals surface area contributed by atoms with Crippen LogP contribution in [0.2, 0.25) is 0 Å². The van der Waals surface area contributed by atoms with Crippen LogP contribution in [0, 0.1) is 0 Å². The van der Waals surface area contributed by atoms with E-state index in [2.05, 4.69) is 200 Å². The zero-order chi connectivity index (χ0) is 41.7. The maximum absolute atomic E-state index is 6.86. The summed E-state index contributed by atoms with van der Waals surface area (Å²) in [6, 6.07) is 78.8. The van der Waals surface area contributed by atoms with Crippen molar-refractivity contribution in [1.29, 1.82) is 0 Å². The molecule has 4 heteroatoms. The molecule has 0 radical (unpaired) electrons. The summed E-state index contributed by atoms with van der Waals surface area (Å²) in [5, 5.41) is 6.62. The summed E-state index contributed by atoms with van der Waals surface area (Å²) in [6.07, 6.45) is 0. The molecule has 0 amide bonds. The number of aromatic nitrogens is 3. The van der Waals surface area contributed by atoms with Crippen LogP contribution in [0.3, 0.4) is 0 Å². The van der Waals surface area contributed by atoms with Crippen LogP contribution in [0.15, 0.2) is 229 Å². The van der Waals surface area contributed by atoms with Gasteiger partial charge in [-0.15, -0.1) is 0 Å². The quantitative estimate of drug-likeness (QED) is 0.161. The minimum atomic E-state index is 0.581. The van der Waals surface area contributed by atoms with Gasteiger partial charge in [0.25, 0.3) is 0 Å². The lowest BCUT2D eigenvalue weighted by Crippen LogP contribution is -2.00. The minimum Gasteiger partial charge on any atom is -0.455 e. The van der Waals surface area contributed by atoms with Crippen molar-refractivity contribution in [2.45, 2.75) is 0 Å². The van der Waals surface area contributed by atoms with Crippen molar-refractivity contribution in [3.8, 4) is 78.7 Å². The second-order valence-electron chi connectivity index (χ2n) is 16.0.